The fourth-order valence-corrected chi connectivity index (χ4v) is 3.65. The van der Waals surface area contributed by atoms with Crippen LogP contribution in [-0.2, 0) is 5.41 Å². The maximum atomic E-state index is 6.10. The first kappa shape index (κ1) is 15.7. The molecule has 1 aliphatic carbocycles. The van der Waals surface area contributed by atoms with Gasteiger partial charge >= 0.3 is 0 Å². The number of nitrogens with two attached hydrogens (primary N) is 1. The molecule has 1 aromatic heterocycles. The summed E-state index contributed by atoms with van der Waals surface area (Å²) in [5.41, 5.74) is 7.10. The van der Waals surface area contributed by atoms with E-state index in [2.05, 4.69) is 41.7 Å². The van der Waals surface area contributed by atoms with Gasteiger partial charge in [-0.1, -0.05) is 52.9 Å². The Kier molecular flexibility index (Phi) is 5.05. The predicted octanol–water partition coefficient (Wildman–Crippen LogP) is 4.95. The molecule has 0 unspecified atom stereocenters. The first-order valence-electron chi connectivity index (χ1n) is 7.73. The second-order valence-corrected chi connectivity index (χ2v) is 7.71. The second-order valence-electron chi connectivity index (χ2n) is 6.92. The van der Waals surface area contributed by atoms with Gasteiger partial charge in [0.25, 0.3) is 0 Å². The Morgan fingerprint density at radius 2 is 1.55 bits per heavy atom. The third-order valence-corrected chi connectivity index (χ3v) is 4.86. The predicted molar refractivity (Wildman–Crippen MR) is 87.9 cm³/mol. The van der Waals surface area contributed by atoms with Crippen LogP contribution in [0.2, 0.25) is 0 Å². The van der Waals surface area contributed by atoms with E-state index in [-0.39, 0.29) is 5.41 Å². The highest BCUT2D eigenvalue weighted by Crippen LogP contribution is 2.35. The molecular weight excluding hydrogens is 314 g/mol. The molecule has 1 aromatic rings. The summed E-state index contributed by atoms with van der Waals surface area (Å²) in [5.74, 6) is 2.02. The normalized spacial score (nSPS) is 18.6. The number of hydrogen-bond donors (Lipinski definition) is 1. The zero-order chi connectivity index (χ0) is 14.8. The van der Waals surface area contributed by atoms with Crippen LogP contribution in [0.5, 0.6) is 0 Å². The van der Waals surface area contributed by atoms with Crippen LogP contribution in [0.25, 0.3) is 0 Å². The number of nitrogens with zero attached hydrogens (tertiary/aromatic N) is 2. The van der Waals surface area contributed by atoms with Gasteiger partial charge in [-0.25, -0.2) is 9.97 Å². The van der Waals surface area contributed by atoms with Crippen LogP contribution < -0.4 is 5.73 Å². The van der Waals surface area contributed by atoms with Crippen molar-refractivity contribution in [3.63, 3.8) is 0 Å². The summed E-state index contributed by atoms with van der Waals surface area (Å²) in [6.07, 6.45) is 9.03. The van der Waals surface area contributed by atoms with E-state index in [0.29, 0.717) is 11.7 Å². The van der Waals surface area contributed by atoms with Crippen molar-refractivity contribution >= 4 is 21.7 Å². The van der Waals surface area contributed by atoms with E-state index in [4.69, 9.17) is 10.7 Å². The van der Waals surface area contributed by atoms with Crippen molar-refractivity contribution in [1.29, 1.82) is 0 Å². The standard InChI is InChI=1S/C16H26BrN3/c1-16(2,3)13-12(17)14(18)20-15(19-13)11-9-7-5-4-6-8-10-11/h11H,4-10H2,1-3H3,(H2,18,19,20). The van der Waals surface area contributed by atoms with Crippen LogP contribution >= 0.6 is 15.9 Å². The van der Waals surface area contributed by atoms with Crippen LogP contribution in [-0.4, -0.2) is 9.97 Å². The van der Waals surface area contributed by atoms with Crippen molar-refractivity contribution in [2.24, 2.45) is 0 Å². The number of rotatable bonds is 1. The Morgan fingerprint density at radius 1 is 1.00 bits per heavy atom. The SMILES string of the molecule is CC(C)(C)c1nc(C2CCCCCCC2)nc(N)c1Br. The summed E-state index contributed by atoms with van der Waals surface area (Å²) >= 11 is 3.55. The third kappa shape index (κ3) is 3.72. The topological polar surface area (TPSA) is 51.8 Å². The Morgan fingerprint density at radius 3 is 2.10 bits per heavy atom. The van der Waals surface area contributed by atoms with Gasteiger partial charge in [-0.15, -0.1) is 0 Å². The fourth-order valence-electron chi connectivity index (χ4n) is 2.88. The monoisotopic (exact) mass is 339 g/mol. The molecule has 1 saturated carbocycles. The fraction of sp³-hybridized carbons (Fsp3) is 0.750. The summed E-state index contributed by atoms with van der Waals surface area (Å²) in [6.45, 7) is 6.50. The molecule has 3 nitrogen and oxygen atoms in total. The molecule has 1 aliphatic rings. The quantitative estimate of drug-likeness (QED) is 0.787. The van der Waals surface area contributed by atoms with Crippen molar-refractivity contribution < 1.29 is 0 Å². The van der Waals surface area contributed by atoms with E-state index in [0.717, 1.165) is 16.0 Å². The van der Waals surface area contributed by atoms with E-state index >= 15 is 0 Å². The van der Waals surface area contributed by atoms with Gasteiger partial charge in [-0.3, -0.25) is 0 Å². The molecule has 2 rings (SSSR count). The maximum Gasteiger partial charge on any atom is 0.141 e. The summed E-state index contributed by atoms with van der Waals surface area (Å²) in [6, 6.07) is 0. The highest BCUT2D eigenvalue weighted by Gasteiger charge is 2.25. The lowest BCUT2D eigenvalue weighted by Crippen LogP contribution is -2.19. The van der Waals surface area contributed by atoms with E-state index < -0.39 is 0 Å². The molecule has 0 amide bonds. The average Bonchev–Trinajstić information content (AvgIpc) is 2.30. The lowest BCUT2D eigenvalue weighted by atomic mass is 9.89. The van der Waals surface area contributed by atoms with Crippen LogP contribution in [0.15, 0.2) is 4.47 Å². The number of anilines is 1. The lowest BCUT2D eigenvalue weighted by molar-refractivity contribution is 0.438. The Bertz CT molecular complexity index is 458. The summed E-state index contributed by atoms with van der Waals surface area (Å²) in [5, 5.41) is 0. The molecule has 2 N–H and O–H groups in total. The van der Waals surface area contributed by atoms with E-state index in [1.54, 1.807) is 0 Å². The first-order chi connectivity index (χ1) is 9.39. The number of hydrogen-bond acceptors (Lipinski definition) is 3. The van der Waals surface area contributed by atoms with Gasteiger partial charge in [0.1, 0.15) is 11.6 Å². The molecular formula is C16H26BrN3. The van der Waals surface area contributed by atoms with Crippen LogP contribution in [0.3, 0.4) is 0 Å². The average molecular weight is 340 g/mol. The lowest BCUT2D eigenvalue weighted by Gasteiger charge is -2.24. The molecule has 0 aliphatic heterocycles. The van der Waals surface area contributed by atoms with Crippen molar-refractivity contribution in [3.8, 4) is 0 Å². The zero-order valence-electron chi connectivity index (χ0n) is 12.9. The van der Waals surface area contributed by atoms with Crippen molar-refractivity contribution in [2.75, 3.05) is 5.73 Å². The van der Waals surface area contributed by atoms with E-state index in [9.17, 15) is 0 Å². The smallest absolute Gasteiger partial charge is 0.141 e. The Labute approximate surface area is 130 Å². The molecule has 0 atom stereocenters. The van der Waals surface area contributed by atoms with Crippen LogP contribution in [0, 0.1) is 0 Å². The summed E-state index contributed by atoms with van der Waals surface area (Å²) < 4.78 is 0.861. The highest BCUT2D eigenvalue weighted by atomic mass is 79.9. The minimum Gasteiger partial charge on any atom is -0.383 e. The molecule has 0 spiro atoms. The molecule has 1 heterocycles. The van der Waals surface area contributed by atoms with Crippen molar-refractivity contribution in [2.45, 2.75) is 77.0 Å². The summed E-state index contributed by atoms with van der Waals surface area (Å²) in [4.78, 5) is 9.42. The highest BCUT2D eigenvalue weighted by molar-refractivity contribution is 9.10. The largest absolute Gasteiger partial charge is 0.383 e. The molecule has 0 saturated heterocycles. The van der Waals surface area contributed by atoms with Gasteiger partial charge in [0.2, 0.25) is 0 Å². The van der Waals surface area contributed by atoms with E-state index in [1.165, 1.54) is 44.9 Å². The van der Waals surface area contributed by atoms with Crippen molar-refractivity contribution in [1.82, 2.24) is 9.97 Å². The molecule has 0 aromatic carbocycles. The Balaban J connectivity index is 2.33. The van der Waals surface area contributed by atoms with Crippen molar-refractivity contribution in [3.05, 3.63) is 16.0 Å². The Hall–Kier alpha value is -0.640. The van der Waals surface area contributed by atoms with E-state index in [1.807, 2.05) is 0 Å². The number of nitrogen functional groups attached to an aromatic ring is 1. The minimum absolute atomic E-state index is 0.0216. The molecule has 0 bridgehead atoms. The molecule has 4 heteroatoms. The van der Waals surface area contributed by atoms with Gasteiger partial charge in [-0.2, -0.15) is 0 Å². The zero-order valence-corrected chi connectivity index (χ0v) is 14.5. The second kappa shape index (κ2) is 6.42. The first-order valence-corrected chi connectivity index (χ1v) is 8.52. The van der Waals surface area contributed by atoms with Gasteiger partial charge < -0.3 is 5.73 Å². The molecule has 20 heavy (non-hydrogen) atoms. The third-order valence-electron chi connectivity index (χ3n) is 4.07. The van der Waals surface area contributed by atoms with Gasteiger partial charge in [0.05, 0.1) is 10.2 Å². The van der Waals surface area contributed by atoms with Gasteiger partial charge in [-0.05, 0) is 28.8 Å². The number of aromatic nitrogens is 2. The maximum absolute atomic E-state index is 6.10. The van der Waals surface area contributed by atoms with Gasteiger partial charge in [0.15, 0.2) is 0 Å². The minimum atomic E-state index is -0.0216. The molecule has 1 fully saturated rings. The molecule has 0 radical (unpaired) electrons. The molecule has 112 valence electrons. The summed E-state index contributed by atoms with van der Waals surface area (Å²) in [7, 11) is 0. The van der Waals surface area contributed by atoms with Gasteiger partial charge in [0, 0.05) is 11.3 Å². The number of halogens is 1. The van der Waals surface area contributed by atoms with Crippen LogP contribution in [0.1, 0.15) is 83.2 Å². The van der Waals surface area contributed by atoms with Crippen LogP contribution in [0.4, 0.5) is 5.82 Å².